The molecule has 0 aliphatic carbocycles. The molecule has 0 aliphatic heterocycles. The summed E-state index contributed by atoms with van der Waals surface area (Å²) < 4.78 is 37.9. The van der Waals surface area contributed by atoms with Gasteiger partial charge in [0.15, 0.2) is 0 Å². The van der Waals surface area contributed by atoms with E-state index in [9.17, 15) is 18.0 Å². The number of benzene rings is 1. The lowest BCUT2D eigenvalue weighted by Crippen LogP contribution is -2.13. The van der Waals surface area contributed by atoms with Crippen molar-refractivity contribution in [1.82, 2.24) is 10.2 Å². The standard InChI is InChI=1S/C11H9F3N4O/c12-11(13,14)8-3-7(1-2-9(8)15)18-10(19)6-4-16-17-5-6/h1-5H,15H2,(H,16,17)(H,18,19). The molecular weight excluding hydrogens is 261 g/mol. The van der Waals surface area contributed by atoms with Gasteiger partial charge in [0.1, 0.15) is 0 Å². The highest BCUT2D eigenvalue weighted by molar-refractivity contribution is 6.04. The number of aromatic amines is 1. The average Bonchev–Trinajstić information content (AvgIpc) is 2.83. The molecule has 19 heavy (non-hydrogen) atoms. The number of amides is 1. The summed E-state index contributed by atoms with van der Waals surface area (Å²) in [5, 5.41) is 8.33. The Morgan fingerprint density at radius 2 is 2.11 bits per heavy atom. The SMILES string of the molecule is Nc1ccc(NC(=O)c2cn[nH]c2)cc1C(F)(F)F. The van der Waals surface area contributed by atoms with E-state index in [2.05, 4.69) is 15.5 Å². The molecule has 0 saturated heterocycles. The number of hydrogen-bond acceptors (Lipinski definition) is 3. The van der Waals surface area contributed by atoms with Crippen LogP contribution in [0.1, 0.15) is 15.9 Å². The Morgan fingerprint density at radius 1 is 1.37 bits per heavy atom. The molecule has 1 aromatic heterocycles. The van der Waals surface area contributed by atoms with Gasteiger partial charge in [0.2, 0.25) is 0 Å². The molecule has 1 aromatic carbocycles. The third kappa shape index (κ3) is 2.84. The molecular formula is C11H9F3N4O. The summed E-state index contributed by atoms with van der Waals surface area (Å²) >= 11 is 0. The van der Waals surface area contributed by atoms with Gasteiger partial charge >= 0.3 is 6.18 Å². The van der Waals surface area contributed by atoms with Gasteiger partial charge in [-0.3, -0.25) is 9.89 Å². The quantitative estimate of drug-likeness (QED) is 0.732. The van der Waals surface area contributed by atoms with E-state index in [4.69, 9.17) is 5.73 Å². The number of alkyl halides is 3. The van der Waals surface area contributed by atoms with Gasteiger partial charge in [-0.15, -0.1) is 0 Å². The smallest absolute Gasteiger partial charge is 0.398 e. The number of hydrogen-bond donors (Lipinski definition) is 3. The minimum absolute atomic E-state index is 0.00715. The highest BCUT2D eigenvalue weighted by atomic mass is 19.4. The first-order chi connectivity index (χ1) is 8.88. The zero-order chi connectivity index (χ0) is 14.0. The van der Waals surface area contributed by atoms with Crippen molar-refractivity contribution in [3.63, 3.8) is 0 Å². The first-order valence-corrected chi connectivity index (χ1v) is 5.15. The number of rotatable bonds is 2. The van der Waals surface area contributed by atoms with Gasteiger partial charge in [0.05, 0.1) is 17.3 Å². The molecule has 1 heterocycles. The largest absolute Gasteiger partial charge is 0.418 e. The molecule has 0 atom stereocenters. The number of aromatic nitrogens is 2. The van der Waals surface area contributed by atoms with Crippen LogP contribution in [0.5, 0.6) is 0 Å². The summed E-state index contributed by atoms with van der Waals surface area (Å²) in [6, 6.07) is 3.17. The number of nitrogens with zero attached hydrogens (tertiary/aromatic N) is 1. The van der Waals surface area contributed by atoms with Crippen LogP contribution in [0, 0.1) is 0 Å². The van der Waals surface area contributed by atoms with Gasteiger partial charge in [-0.2, -0.15) is 18.3 Å². The molecule has 5 nitrogen and oxygen atoms in total. The molecule has 0 saturated carbocycles. The number of nitrogen functional groups attached to an aromatic ring is 1. The highest BCUT2D eigenvalue weighted by Gasteiger charge is 2.33. The number of halogens is 3. The second-order valence-electron chi connectivity index (χ2n) is 3.74. The van der Waals surface area contributed by atoms with Crippen molar-refractivity contribution in [3.05, 3.63) is 41.7 Å². The molecule has 8 heteroatoms. The molecule has 0 fully saturated rings. The van der Waals surface area contributed by atoms with Crippen molar-refractivity contribution < 1.29 is 18.0 Å². The van der Waals surface area contributed by atoms with Crippen LogP contribution < -0.4 is 11.1 Å². The van der Waals surface area contributed by atoms with Crippen LogP contribution in [0.25, 0.3) is 0 Å². The normalized spacial score (nSPS) is 11.3. The van der Waals surface area contributed by atoms with Crippen LogP contribution in [0.15, 0.2) is 30.6 Å². The summed E-state index contributed by atoms with van der Waals surface area (Å²) in [6.07, 6.45) is -1.98. The Bertz CT molecular complexity index is 592. The first kappa shape index (κ1) is 12.9. The molecule has 0 aliphatic rings. The van der Waals surface area contributed by atoms with E-state index >= 15 is 0 Å². The average molecular weight is 270 g/mol. The van der Waals surface area contributed by atoms with E-state index in [1.807, 2.05) is 0 Å². The topological polar surface area (TPSA) is 83.8 Å². The van der Waals surface area contributed by atoms with Crippen LogP contribution in [0.3, 0.4) is 0 Å². The Morgan fingerprint density at radius 3 is 2.68 bits per heavy atom. The van der Waals surface area contributed by atoms with Crippen molar-refractivity contribution in [1.29, 1.82) is 0 Å². The fourth-order valence-corrected chi connectivity index (χ4v) is 1.46. The molecule has 2 rings (SSSR count). The maximum Gasteiger partial charge on any atom is 0.418 e. The van der Waals surface area contributed by atoms with Crippen molar-refractivity contribution in [2.75, 3.05) is 11.1 Å². The van der Waals surface area contributed by atoms with Gasteiger partial charge < -0.3 is 11.1 Å². The zero-order valence-electron chi connectivity index (χ0n) is 9.45. The van der Waals surface area contributed by atoms with Crippen LogP contribution in [0.2, 0.25) is 0 Å². The monoisotopic (exact) mass is 270 g/mol. The predicted molar refractivity (Wildman–Crippen MR) is 62.4 cm³/mol. The third-order valence-electron chi connectivity index (χ3n) is 2.38. The van der Waals surface area contributed by atoms with Gasteiger partial charge in [-0.05, 0) is 18.2 Å². The fourth-order valence-electron chi connectivity index (χ4n) is 1.46. The van der Waals surface area contributed by atoms with Crippen LogP contribution in [0.4, 0.5) is 24.5 Å². The summed E-state index contributed by atoms with van der Waals surface area (Å²) in [6.45, 7) is 0. The van der Waals surface area contributed by atoms with Gasteiger partial charge in [-0.25, -0.2) is 0 Å². The third-order valence-corrected chi connectivity index (χ3v) is 2.38. The number of anilines is 2. The highest BCUT2D eigenvalue weighted by Crippen LogP contribution is 2.35. The molecule has 0 bridgehead atoms. The first-order valence-electron chi connectivity index (χ1n) is 5.15. The Kier molecular flexibility index (Phi) is 3.16. The second-order valence-corrected chi connectivity index (χ2v) is 3.74. The lowest BCUT2D eigenvalue weighted by atomic mass is 10.1. The molecule has 0 spiro atoms. The Labute approximate surface area is 105 Å². The van der Waals surface area contributed by atoms with E-state index in [1.54, 1.807) is 0 Å². The molecule has 4 N–H and O–H groups in total. The Hall–Kier alpha value is -2.51. The summed E-state index contributed by atoms with van der Waals surface area (Å²) in [7, 11) is 0. The van der Waals surface area contributed by atoms with Crippen LogP contribution in [-0.2, 0) is 6.18 Å². The van der Waals surface area contributed by atoms with Gasteiger partial charge in [0.25, 0.3) is 5.91 Å². The maximum absolute atomic E-state index is 12.6. The van der Waals surface area contributed by atoms with Crippen molar-refractivity contribution in [2.45, 2.75) is 6.18 Å². The van der Waals surface area contributed by atoms with E-state index in [0.717, 1.165) is 12.1 Å². The van der Waals surface area contributed by atoms with E-state index in [-0.39, 0.29) is 11.3 Å². The Balaban J connectivity index is 2.25. The number of nitrogens with two attached hydrogens (primary N) is 1. The minimum Gasteiger partial charge on any atom is -0.398 e. The maximum atomic E-state index is 12.6. The van der Waals surface area contributed by atoms with Crippen LogP contribution >= 0.6 is 0 Å². The van der Waals surface area contributed by atoms with Crippen molar-refractivity contribution in [3.8, 4) is 0 Å². The number of H-pyrrole nitrogens is 1. The number of carbonyl (C=O) groups excluding carboxylic acids is 1. The van der Waals surface area contributed by atoms with Gasteiger partial charge in [-0.1, -0.05) is 0 Å². The summed E-state index contributed by atoms with van der Waals surface area (Å²) in [4.78, 5) is 11.6. The van der Waals surface area contributed by atoms with Gasteiger partial charge in [0, 0.05) is 17.6 Å². The van der Waals surface area contributed by atoms with E-state index in [0.29, 0.717) is 0 Å². The molecule has 2 aromatic rings. The molecule has 0 radical (unpaired) electrons. The number of nitrogens with one attached hydrogen (secondary N) is 2. The zero-order valence-corrected chi connectivity index (χ0v) is 9.45. The summed E-state index contributed by atoms with van der Waals surface area (Å²) in [5.74, 6) is -0.563. The van der Waals surface area contributed by atoms with E-state index < -0.39 is 23.3 Å². The van der Waals surface area contributed by atoms with Crippen LogP contribution in [-0.4, -0.2) is 16.1 Å². The lowest BCUT2D eigenvalue weighted by Gasteiger charge is -2.12. The fraction of sp³-hybridized carbons (Fsp3) is 0.0909. The lowest BCUT2D eigenvalue weighted by molar-refractivity contribution is -0.136. The molecule has 100 valence electrons. The molecule has 0 unspecified atom stereocenters. The minimum atomic E-state index is -4.57. The molecule has 1 amide bonds. The second kappa shape index (κ2) is 4.63. The van der Waals surface area contributed by atoms with Crippen molar-refractivity contribution >= 4 is 17.3 Å². The number of carbonyl (C=O) groups is 1. The van der Waals surface area contributed by atoms with Crippen molar-refractivity contribution in [2.24, 2.45) is 0 Å². The predicted octanol–water partition coefficient (Wildman–Crippen LogP) is 2.26. The van der Waals surface area contributed by atoms with E-state index in [1.165, 1.54) is 18.5 Å². The summed E-state index contributed by atoms with van der Waals surface area (Å²) in [5.41, 5.74) is 4.09.